The molecule has 0 atom stereocenters. The van der Waals surface area contributed by atoms with E-state index in [4.69, 9.17) is 0 Å². The van der Waals surface area contributed by atoms with E-state index < -0.39 is 0 Å². The second-order valence-electron chi connectivity index (χ2n) is 3.92. The van der Waals surface area contributed by atoms with Crippen molar-refractivity contribution in [1.82, 2.24) is 10.2 Å². The predicted octanol–water partition coefficient (Wildman–Crippen LogP) is 0.0535. The normalized spacial score (nSPS) is 24.2. The standard InChI is InChI=1S/C10H14N2O2/c1-2-5-10(6-11-7-10)12-8(13)3-4-9(12)14/h3-4,11H,2,5-7H2,1H3. The Kier molecular flexibility index (Phi) is 2.15. The highest BCUT2D eigenvalue weighted by Crippen LogP contribution is 2.28. The summed E-state index contributed by atoms with van der Waals surface area (Å²) >= 11 is 0. The quantitative estimate of drug-likeness (QED) is 0.646. The molecule has 1 saturated heterocycles. The molecule has 0 aliphatic carbocycles. The van der Waals surface area contributed by atoms with E-state index in [1.165, 1.54) is 17.1 Å². The molecule has 0 aromatic heterocycles. The van der Waals surface area contributed by atoms with Crippen molar-refractivity contribution in [2.24, 2.45) is 0 Å². The van der Waals surface area contributed by atoms with E-state index in [0.29, 0.717) is 0 Å². The van der Waals surface area contributed by atoms with Crippen LogP contribution in [0.3, 0.4) is 0 Å². The Balaban J connectivity index is 2.20. The summed E-state index contributed by atoms with van der Waals surface area (Å²) in [5.74, 6) is -0.324. The highest BCUT2D eigenvalue weighted by Gasteiger charge is 2.47. The fourth-order valence-electron chi connectivity index (χ4n) is 2.19. The molecule has 76 valence electrons. The van der Waals surface area contributed by atoms with Crippen molar-refractivity contribution in [1.29, 1.82) is 0 Å². The van der Waals surface area contributed by atoms with Gasteiger partial charge in [-0.05, 0) is 6.42 Å². The van der Waals surface area contributed by atoms with Gasteiger partial charge < -0.3 is 5.32 Å². The summed E-state index contributed by atoms with van der Waals surface area (Å²) in [5, 5.41) is 3.13. The van der Waals surface area contributed by atoms with Crippen LogP contribution in [0.1, 0.15) is 19.8 Å². The lowest BCUT2D eigenvalue weighted by Gasteiger charge is -2.48. The summed E-state index contributed by atoms with van der Waals surface area (Å²) in [6.45, 7) is 3.54. The van der Waals surface area contributed by atoms with Gasteiger partial charge in [0.2, 0.25) is 0 Å². The summed E-state index contributed by atoms with van der Waals surface area (Å²) in [7, 11) is 0. The fraction of sp³-hybridized carbons (Fsp3) is 0.600. The van der Waals surface area contributed by atoms with Crippen molar-refractivity contribution in [3.05, 3.63) is 12.2 Å². The fourth-order valence-corrected chi connectivity index (χ4v) is 2.19. The number of imide groups is 1. The monoisotopic (exact) mass is 194 g/mol. The first kappa shape index (κ1) is 9.40. The minimum Gasteiger partial charge on any atom is -0.312 e. The first-order chi connectivity index (χ1) is 6.69. The molecule has 0 saturated carbocycles. The van der Waals surface area contributed by atoms with Crippen molar-refractivity contribution >= 4 is 11.8 Å². The maximum Gasteiger partial charge on any atom is 0.254 e. The smallest absolute Gasteiger partial charge is 0.254 e. The molecule has 14 heavy (non-hydrogen) atoms. The van der Waals surface area contributed by atoms with Gasteiger partial charge in [0.1, 0.15) is 0 Å². The van der Waals surface area contributed by atoms with Gasteiger partial charge in [0.15, 0.2) is 0 Å². The second-order valence-corrected chi connectivity index (χ2v) is 3.92. The van der Waals surface area contributed by atoms with Crippen LogP contribution in [0, 0.1) is 0 Å². The third-order valence-electron chi connectivity index (χ3n) is 2.91. The van der Waals surface area contributed by atoms with E-state index in [-0.39, 0.29) is 17.4 Å². The summed E-state index contributed by atoms with van der Waals surface area (Å²) in [4.78, 5) is 24.4. The van der Waals surface area contributed by atoms with Gasteiger partial charge in [0, 0.05) is 25.2 Å². The summed E-state index contributed by atoms with van der Waals surface area (Å²) in [6.07, 6.45) is 4.59. The number of carbonyl (C=O) groups excluding carboxylic acids is 2. The van der Waals surface area contributed by atoms with Gasteiger partial charge in [0.05, 0.1) is 5.54 Å². The zero-order chi connectivity index (χ0) is 10.2. The van der Waals surface area contributed by atoms with Crippen molar-refractivity contribution in [3.63, 3.8) is 0 Å². The summed E-state index contributed by atoms with van der Waals surface area (Å²) in [6, 6.07) is 0. The lowest BCUT2D eigenvalue weighted by Crippen LogP contribution is -2.70. The minimum atomic E-state index is -0.244. The lowest BCUT2D eigenvalue weighted by molar-refractivity contribution is -0.147. The Morgan fingerprint density at radius 2 is 1.93 bits per heavy atom. The molecule has 2 heterocycles. The van der Waals surface area contributed by atoms with Gasteiger partial charge in [-0.25, -0.2) is 0 Å². The number of hydrogen-bond donors (Lipinski definition) is 1. The SMILES string of the molecule is CCCC1(N2C(=O)C=CC2=O)CNC1. The number of carbonyl (C=O) groups is 2. The molecule has 0 aromatic carbocycles. The Morgan fingerprint density at radius 3 is 2.29 bits per heavy atom. The molecule has 0 aromatic rings. The molecular formula is C10H14N2O2. The maximum absolute atomic E-state index is 11.5. The Bertz CT molecular complexity index is 287. The zero-order valence-electron chi connectivity index (χ0n) is 8.25. The molecule has 4 heteroatoms. The largest absolute Gasteiger partial charge is 0.312 e. The van der Waals surface area contributed by atoms with Crippen LogP contribution in [0.2, 0.25) is 0 Å². The number of rotatable bonds is 3. The molecule has 4 nitrogen and oxygen atoms in total. The molecule has 0 bridgehead atoms. The Hall–Kier alpha value is -1.16. The van der Waals surface area contributed by atoms with Crippen molar-refractivity contribution in [2.75, 3.05) is 13.1 Å². The average molecular weight is 194 g/mol. The molecule has 0 spiro atoms. The first-order valence-corrected chi connectivity index (χ1v) is 4.96. The molecule has 1 fully saturated rings. The highest BCUT2D eigenvalue weighted by atomic mass is 16.2. The van der Waals surface area contributed by atoms with Gasteiger partial charge in [-0.3, -0.25) is 14.5 Å². The van der Waals surface area contributed by atoms with Crippen LogP contribution in [0.25, 0.3) is 0 Å². The van der Waals surface area contributed by atoms with E-state index >= 15 is 0 Å². The third kappa shape index (κ3) is 1.18. The van der Waals surface area contributed by atoms with Crippen LogP contribution >= 0.6 is 0 Å². The summed E-state index contributed by atoms with van der Waals surface area (Å²) < 4.78 is 0. The first-order valence-electron chi connectivity index (χ1n) is 4.96. The van der Waals surface area contributed by atoms with Crippen LogP contribution < -0.4 is 5.32 Å². The molecule has 1 N–H and O–H groups in total. The number of nitrogens with one attached hydrogen (secondary N) is 1. The van der Waals surface area contributed by atoms with E-state index in [1.54, 1.807) is 0 Å². The number of amides is 2. The molecule has 2 aliphatic rings. The van der Waals surface area contributed by atoms with Gasteiger partial charge in [-0.15, -0.1) is 0 Å². The van der Waals surface area contributed by atoms with Gasteiger partial charge in [-0.1, -0.05) is 13.3 Å². The van der Waals surface area contributed by atoms with Crippen molar-refractivity contribution < 1.29 is 9.59 Å². The minimum absolute atomic E-state index is 0.162. The summed E-state index contributed by atoms with van der Waals surface area (Å²) in [5.41, 5.74) is -0.244. The second kappa shape index (κ2) is 3.20. The zero-order valence-corrected chi connectivity index (χ0v) is 8.25. The van der Waals surface area contributed by atoms with Crippen LogP contribution in [0.4, 0.5) is 0 Å². The number of nitrogens with zero attached hydrogens (tertiary/aromatic N) is 1. The van der Waals surface area contributed by atoms with E-state index in [1.807, 2.05) is 0 Å². The third-order valence-corrected chi connectivity index (χ3v) is 2.91. The van der Waals surface area contributed by atoms with Gasteiger partial charge in [0.25, 0.3) is 11.8 Å². The van der Waals surface area contributed by atoms with E-state index in [0.717, 1.165) is 25.9 Å². The Morgan fingerprint density at radius 1 is 1.36 bits per heavy atom. The van der Waals surface area contributed by atoms with Crippen LogP contribution in [-0.4, -0.2) is 35.3 Å². The number of hydrogen-bond acceptors (Lipinski definition) is 3. The molecule has 0 radical (unpaired) electrons. The van der Waals surface area contributed by atoms with Crippen LogP contribution in [-0.2, 0) is 9.59 Å². The van der Waals surface area contributed by atoms with Gasteiger partial charge in [-0.2, -0.15) is 0 Å². The molecular weight excluding hydrogens is 180 g/mol. The lowest BCUT2D eigenvalue weighted by atomic mass is 9.85. The van der Waals surface area contributed by atoms with Crippen molar-refractivity contribution in [2.45, 2.75) is 25.3 Å². The van der Waals surface area contributed by atoms with Gasteiger partial charge >= 0.3 is 0 Å². The topological polar surface area (TPSA) is 49.4 Å². The van der Waals surface area contributed by atoms with Crippen LogP contribution in [0.5, 0.6) is 0 Å². The molecule has 2 rings (SSSR count). The Labute approximate surface area is 83.0 Å². The predicted molar refractivity (Wildman–Crippen MR) is 51.5 cm³/mol. The maximum atomic E-state index is 11.5. The average Bonchev–Trinajstić information content (AvgIpc) is 2.41. The van der Waals surface area contributed by atoms with Crippen LogP contribution in [0.15, 0.2) is 12.2 Å². The molecule has 2 aliphatic heterocycles. The van der Waals surface area contributed by atoms with Crippen molar-refractivity contribution in [3.8, 4) is 0 Å². The highest BCUT2D eigenvalue weighted by molar-refractivity contribution is 6.13. The van der Waals surface area contributed by atoms with E-state index in [2.05, 4.69) is 12.2 Å². The molecule has 2 amide bonds. The molecule has 0 unspecified atom stereocenters. The van der Waals surface area contributed by atoms with E-state index in [9.17, 15) is 9.59 Å².